The molecule has 1 amide bonds. The van der Waals surface area contributed by atoms with Gasteiger partial charge in [-0.05, 0) is 6.92 Å². The number of aliphatic hydroxyl groups is 1. The summed E-state index contributed by atoms with van der Waals surface area (Å²) in [5, 5.41) is 10.8. The van der Waals surface area contributed by atoms with Crippen LogP contribution in [0.15, 0.2) is 12.5 Å². The van der Waals surface area contributed by atoms with Crippen molar-refractivity contribution < 1.29 is 14.6 Å². The molecule has 76 valence electrons. The number of carbonyl (C=O) groups excluding carboxylic acids is 1. The van der Waals surface area contributed by atoms with Gasteiger partial charge in [-0.25, -0.2) is 14.8 Å². The molecule has 0 aliphatic heterocycles. The maximum atomic E-state index is 11.0. The first-order chi connectivity index (χ1) is 6.74. The van der Waals surface area contributed by atoms with E-state index in [9.17, 15) is 4.79 Å². The molecule has 6 heteroatoms. The molecule has 1 aromatic heterocycles. The topological polar surface area (TPSA) is 84.3 Å². The van der Waals surface area contributed by atoms with Crippen LogP contribution in [0.2, 0.25) is 0 Å². The summed E-state index contributed by atoms with van der Waals surface area (Å²) >= 11 is 0. The van der Waals surface area contributed by atoms with E-state index in [1.807, 2.05) is 0 Å². The molecule has 0 aliphatic carbocycles. The van der Waals surface area contributed by atoms with Gasteiger partial charge >= 0.3 is 6.09 Å². The summed E-state index contributed by atoms with van der Waals surface area (Å²) in [4.78, 5) is 18.5. The third-order valence-corrected chi connectivity index (χ3v) is 1.42. The molecular weight excluding hydrogens is 186 g/mol. The summed E-state index contributed by atoms with van der Waals surface area (Å²) in [5.74, 6) is 0.218. The Balaban J connectivity index is 2.52. The van der Waals surface area contributed by atoms with Gasteiger partial charge < -0.3 is 15.2 Å². The number of nitrogens with zero attached hydrogens (tertiary/aromatic N) is 2. The maximum Gasteiger partial charge on any atom is 0.414 e. The third-order valence-electron chi connectivity index (χ3n) is 1.42. The molecule has 14 heavy (non-hydrogen) atoms. The lowest BCUT2D eigenvalue weighted by atomic mass is 10.4. The molecule has 1 aromatic rings. The Bertz CT molecular complexity index is 316. The Labute approximate surface area is 80.9 Å². The summed E-state index contributed by atoms with van der Waals surface area (Å²) in [5.41, 5.74) is 0.673. The number of aryl methyl sites for hydroxylation is 1. The lowest BCUT2D eigenvalue weighted by Gasteiger charge is -2.05. The minimum Gasteiger partial charge on any atom is -0.395 e. The van der Waals surface area contributed by atoms with Crippen LogP contribution in [0.25, 0.3) is 0 Å². The molecule has 0 aromatic carbocycles. The standard InChI is InChI=1S/C8H11N3O3/c1-6-4-9-5-11-7(6)14-8(13)10-2-3-12/h4-5,12H,2-3H2,1H3,(H,10,13). The highest BCUT2D eigenvalue weighted by molar-refractivity contribution is 5.70. The molecule has 6 nitrogen and oxygen atoms in total. The monoisotopic (exact) mass is 197 g/mol. The van der Waals surface area contributed by atoms with Crippen LogP contribution in [-0.4, -0.2) is 34.3 Å². The molecule has 0 fully saturated rings. The van der Waals surface area contributed by atoms with Crippen molar-refractivity contribution in [3.8, 4) is 5.88 Å². The van der Waals surface area contributed by atoms with Crippen LogP contribution in [-0.2, 0) is 0 Å². The van der Waals surface area contributed by atoms with Gasteiger partial charge in [0.2, 0.25) is 5.88 Å². The molecule has 1 heterocycles. The molecule has 0 unspecified atom stereocenters. The molecule has 0 saturated carbocycles. The van der Waals surface area contributed by atoms with Crippen molar-refractivity contribution in [3.63, 3.8) is 0 Å². The van der Waals surface area contributed by atoms with E-state index in [0.717, 1.165) is 0 Å². The van der Waals surface area contributed by atoms with E-state index in [1.54, 1.807) is 13.1 Å². The lowest BCUT2D eigenvalue weighted by molar-refractivity contribution is 0.193. The average molecular weight is 197 g/mol. The van der Waals surface area contributed by atoms with Crippen LogP contribution in [0.3, 0.4) is 0 Å². The van der Waals surface area contributed by atoms with Crippen LogP contribution < -0.4 is 10.1 Å². The predicted molar refractivity (Wildman–Crippen MR) is 47.9 cm³/mol. The van der Waals surface area contributed by atoms with Gasteiger partial charge in [-0.1, -0.05) is 0 Å². The second-order valence-corrected chi connectivity index (χ2v) is 2.55. The zero-order valence-corrected chi connectivity index (χ0v) is 7.73. The van der Waals surface area contributed by atoms with Gasteiger partial charge in [0.15, 0.2) is 0 Å². The number of hydrogen-bond donors (Lipinski definition) is 2. The number of aliphatic hydroxyl groups excluding tert-OH is 1. The summed E-state index contributed by atoms with van der Waals surface area (Å²) in [7, 11) is 0. The van der Waals surface area contributed by atoms with Gasteiger partial charge in [0, 0.05) is 18.3 Å². The fraction of sp³-hybridized carbons (Fsp3) is 0.375. The molecule has 0 aliphatic rings. The van der Waals surface area contributed by atoms with E-state index in [4.69, 9.17) is 9.84 Å². The largest absolute Gasteiger partial charge is 0.414 e. The van der Waals surface area contributed by atoms with Crippen molar-refractivity contribution >= 4 is 6.09 Å². The summed E-state index contributed by atoms with van der Waals surface area (Å²) in [6.07, 6.45) is 2.20. The van der Waals surface area contributed by atoms with Gasteiger partial charge in [0.1, 0.15) is 6.33 Å². The summed E-state index contributed by atoms with van der Waals surface area (Å²) in [6, 6.07) is 0. The van der Waals surface area contributed by atoms with E-state index in [0.29, 0.717) is 5.56 Å². The SMILES string of the molecule is Cc1cncnc1OC(=O)NCCO. The Kier molecular flexibility index (Phi) is 3.81. The molecule has 1 rings (SSSR count). The number of nitrogens with one attached hydrogen (secondary N) is 1. The van der Waals surface area contributed by atoms with Gasteiger partial charge in [0.25, 0.3) is 0 Å². The quantitative estimate of drug-likeness (QED) is 0.704. The van der Waals surface area contributed by atoms with E-state index in [2.05, 4.69) is 15.3 Å². The fourth-order valence-corrected chi connectivity index (χ4v) is 0.777. The van der Waals surface area contributed by atoms with Gasteiger partial charge in [-0.15, -0.1) is 0 Å². The van der Waals surface area contributed by atoms with Gasteiger partial charge in [-0.3, -0.25) is 0 Å². The average Bonchev–Trinajstić information content (AvgIpc) is 2.18. The van der Waals surface area contributed by atoms with E-state index >= 15 is 0 Å². The van der Waals surface area contributed by atoms with E-state index < -0.39 is 6.09 Å². The molecule has 0 saturated heterocycles. The van der Waals surface area contributed by atoms with Crippen molar-refractivity contribution in [2.24, 2.45) is 0 Å². The lowest BCUT2D eigenvalue weighted by Crippen LogP contribution is -2.29. The number of aromatic nitrogens is 2. The molecule has 0 radical (unpaired) electrons. The number of ether oxygens (including phenoxy) is 1. The van der Waals surface area contributed by atoms with Crippen molar-refractivity contribution in [2.45, 2.75) is 6.92 Å². The second-order valence-electron chi connectivity index (χ2n) is 2.55. The van der Waals surface area contributed by atoms with Gasteiger partial charge in [-0.2, -0.15) is 0 Å². The predicted octanol–water partition coefficient (Wildman–Crippen LogP) is -0.134. The van der Waals surface area contributed by atoms with E-state index in [-0.39, 0.29) is 19.0 Å². The minimum atomic E-state index is -0.638. The zero-order valence-electron chi connectivity index (χ0n) is 7.73. The molecule has 2 N–H and O–H groups in total. The van der Waals surface area contributed by atoms with Crippen LogP contribution in [0, 0.1) is 6.92 Å². The Morgan fingerprint density at radius 2 is 2.50 bits per heavy atom. The zero-order chi connectivity index (χ0) is 10.4. The molecular formula is C8H11N3O3. The summed E-state index contributed by atoms with van der Waals surface area (Å²) in [6.45, 7) is 1.76. The normalized spacial score (nSPS) is 9.57. The molecule has 0 spiro atoms. The highest BCUT2D eigenvalue weighted by Gasteiger charge is 2.06. The van der Waals surface area contributed by atoms with E-state index in [1.165, 1.54) is 6.33 Å². The van der Waals surface area contributed by atoms with Crippen LogP contribution in [0.1, 0.15) is 5.56 Å². The first-order valence-corrected chi connectivity index (χ1v) is 4.07. The number of rotatable bonds is 3. The highest BCUT2D eigenvalue weighted by atomic mass is 16.6. The summed E-state index contributed by atoms with van der Waals surface area (Å²) < 4.78 is 4.83. The highest BCUT2D eigenvalue weighted by Crippen LogP contribution is 2.10. The Morgan fingerprint density at radius 3 is 3.14 bits per heavy atom. The number of hydrogen-bond acceptors (Lipinski definition) is 5. The Morgan fingerprint density at radius 1 is 1.71 bits per heavy atom. The number of amides is 1. The van der Waals surface area contributed by atoms with Crippen molar-refractivity contribution in [2.75, 3.05) is 13.2 Å². The van der Waals surface area contributed by atoms with Crippen molar-refractivity contribution in [3.05, 3.63) is 18.1 Å². The Hall–Kier alpha value is -1.69. The first-order valence-electron chi connectivity index (χ1n) is 4.07. The number of carbonyl (C=O) groups is 1. The molecule has 0 bridgehead atoms. The van der Waals surface area contributed by atoms with Crippen molar-refractivity contribution in [1.82, 2.24) is 15.3 Å². The van der Waals surface area contributed by atoms with Crippen molar-refractivity contribution in [1.29, 1.82) is 0 Å². The van der Waals surface area contributed by atoms with Gasteiger partial charge in [0.05, 0.1) is 6.61 Å². The fourth-order valence-electron chi connectivity index (χ4n) is 0.777. The van der Waals surface area contributed by atoms with Crippen LogP contribution in [0.4, 0.5) is 4.79 Å². The smallest absolute Gasteiger partial charge is 0.395 e. The maximum absolute atomic E-state index is 11.0. The first kappa shape index (κ1) is 10.4. The van der Waals surface area contributed by atoms with Crippen LogP contribution in [0.5, 0.6) is 5.88 Å². The second kappa shape index (κ2) is 5.13. The van der Waals surface area contributed by atoms with Crippen LogP contribution >= 0.6 is 0 Å². The minimum absolute atomic E-state index is 0.127. The third kappa shape index (κ3) is 2.98. The molecule has 0 atom stereocenters.